The first-order valence-electron chi connectivity index (χ1n) is 6.28. The molecule has 94 valence electrons. The van der Waals surface area contributed by atoms with Crippen molar-refractivity contribution in [3.63, 3.8) is 0 Å². The molecule has 0 saturated heterocycles. The second-order valence-electron chi connectivity index (χ2n) is 5.29. The van der Waals surface area contributed by atoms with Crippen molar-refractivity contribution in [1.82, 2.24) is 20.1 Å². The van der Waals surface area contributed by atoms with E-state index in [2.05, 4.69) is 15.4 Å². The highest BCUT2D eigenvalue weighted by Crippen LogP contribution is 2.60. The van der Waals surface area contributed by atoms with E-state index >= 15 is 0 Å². The Morgan fingerprint density at radius 3 is 2.94 bits per heavy atom. The van der Waals surface area contributed by atoms with Crippen LogP contribution >= 0.6 is 0 Å². The SMILES string of the molecule is N#Cc1ncn(CC(=O)NCC2(C3CC3)CC2)n1. The number of hydrogen-bond acceptors (Lipinski definition) is 4. The van der Waals surface area contributed by atoms with Crippen LogP contribution in [-0.4, -0.2) is 27.2 Å². The molecule has 2 saturated carbocycles. The standard InChI is InChI=1S/C12H15N5O/c13-5-10-15-8-17(16-10)6-11(18)14-7-12(3-4-12)9-1-2-9/h8-9H,1-4,6-7H2,(H,14,18). The molecule has 0 atom stereocenters. The normalized spacial score (nSPS) is 20.2. The number of nitriles is 1. The first-order valence-corrected chi connectivity index (χ1v) is 6.28. The maximum Gasteiger partial charge on any atom is 0.252 e. The Hall–Kier alpha value is -1.90. The Kier molecular flexibility index (Phi) is 2.54. The van der Waals surface area contributed by atoms with Gasteiger partial charge in [0.05, 0.1) is 0 Å². The van der Waals surface area contributed by atoms with Crippen LogP contribution < -0.4 is 5.32 Å². The smallest absolute Gasteiger partial charge is 0.252 e. The summed E-state index contributed by atoms with van der Waals surface area (Å²) in [6.45, 7) is 0.922. The summed E-state index contributed by atoms with van der Waals surface area (Å²) in [5.74, 6) is 0.880. The summed E-state index contributed by atoms with van der Waals surface area (Å²) >= 11 is 0. The summed E-state index contributed by atoms with van der Waals surface area (Å²) in [5.41, 5.74) is 0.413. The second kappa shape index (κ2) is 4.09. The van der Waals surface area contributed by atoms with E-state index in [0.717, 1.165) is 12.5 Å². The third kappa shape index (κ3) is 2.21. The van der Waals surface area contributed by atoms with Crippen LogP contribution in [0.3, 0.4) is 0 Å². The number of amides is 1. The Balaban J connectivity index is 1.48. The number of rotatable bonds is 5. The van der Waals surface area contributed by atoms with Gasteiger partial charge < -0.3 is 5.32 Å². The van der Waals surface area contributed by atoms with Crippen LogP contribution in [0.5, 0.6) is 0 Å². The zero-order chi connectivity index (χ0) is 12.6. The summed E-state index contributed by atoms with van der Waals surface area (Å²) in [7, 11) is 0. The van der Waals surface area contributed by atoms with Crippen LogP contribution in [0.4, 0.5) is 0 Å². The molecule has 0 unspecified atom stereocenters. The number of nitrogens with zero attached hydrogens (tertiary/aromatic N) is 4. The van der Waals surface area contributed by atoms with E-state index in [-0.39, 0.29) is 18.3 Å². The van der Waals surface area contributed by atoms with Gasteiger partial charge in [-0.2, -0.15) is 5.26 Å². The molecular weight excluding hydrogens is 230 g/mol. The molecule has 1 aromatic rings. The number of carbonyl (C=O) groups is 1. The lowest BCUT2D eigenvalue weighted by Crippen LogP contribution is -2.33. The molecule has 1 aromatic heterocycles. The highest BCUT2D eigenvalue weighted by atomic mass is 16.2. The molecule has 2 aliphatic carbocycles. The first-order chi connectivity index (χ1) is 8.72. The van der Waals surface area contributed by atoms with Crippen LogP contribution in [0, 0.1) is 22.7 Å². The number of aromatic nitrogens is 3. The first kappa shape index (κ1) is 11.2. The highest BCUT2D eigenvalue weighted by Gasteiger charge is 2.53. The van der Waals surface area contributed by atoms with E-state index in [4.69, 9.17) is 5.26 Å². The van der Waals surface area contributed by atoms with Crippen molar-refractivity contribution in [2.24, 2.45) is 11.3 Å². The Morgan fingerprint density at radius 1 is 1.61 bits per heavy atom. The molecule has 1 heterocycles. The van der Waals surface area contributed by atoms with Crippen molar-refractivity contribution in [3.05, 3.63) is 12.2 Å². The van der Waals surface area contributed by atoms with Gasteiger partial charge in [-0.05, 0) is 37.0 Å². The molecule has 6 heteroatoms. The quantitative estimate of drug-likeness (QED) is 0.816. The van der Waals surface area contributed by atoms with Crippen molar-refractivity contribution < 1.29 is 4.79 Å². The average Bonchev–Trinajstić information content (AvgIpc) is 3.25. The molecular formula is C12H15N5O. The van der Waals surface area contributed by atoms with Crippen LogP contribution in [0.1, 0.15) is 31.5 Å². The Bertz CT molecular complexity index is 507. The maximum absolute atomic E-state index is 11.7. The molecule has 0 bridgehead atoms. The summed E-state index contributed by atoms with van der Waals surface area (Å²) < 4.78 is 1.39. The lowest BCUT2D eigenvalue weighted by atomic mass is 10.0. The number of hydrogen-bond donors (Lipinski definition) is 1. The van der Waals surface area contributed by atoms with Crippen molar-refractivity contribution in [2.45, 2.75) is 32.2 Å². The van der Waals surface area contributed by atoms with E-state index < -0.39 is 0 Å². The van der Waals surface area contributed by atoms with Gasteiger partial charge in [-0.15, -0.1) is 5.10 Å². The number of nitrogens with one attached hydrogen (secondary N) is 1. The van der Waals surface area contributed by atoms with Crippen molar-refractivity contribution in [1.29, 1.82) is 5.26 Å². The molecule has 18 heavy (non-hydrogen) atoms. The van der Waals surface area contributed by atoms with Crippen LogP contribution in [-0.2, 0) is 11.3 Å². The molecule has 2 fully saturated rings. The zero-order valence-electron chi connectivity index (χ0n) is 10.1. The summed E-state index contributed by atoms with van der Waals surface area (Å²) in [6.07, 6.45) is 6.56. The van der Waals surface area contributed by atoms with Crippen LogP contribution in [0.2, 0.25) is 0 Å². The monoisotopic (exact) mass is 245 g/mol. The summed E-state index contributed by atoms with van der Waals surface area (Å²) in [5, 5.41) is 15.4. The zero-order valence-corrected chi connectivity index (χ0v) is 10.1. The molecule has 0 radical (unpaired) electrons. The van der Waals surface area contributed by atoms with Gasteiger partial charge >= 0.3 is 0 Å². The second-order valence-corrected chi connectivity index (χ2v) is 5.29. The van der Waals surface area contributed by atoms with Crippen LogP contribution in [0.25, 0.3) is 0 Å². The minimum Gasteiger partial charge on any atom is -0.354 e. The molecule has 0 spiro atoms. The topological polar surface area (TPSA) is 83.6 Å². The predicted octanol–water partition coefficient (Wildman–Crippen LogP) is 0.456. The lowest BCUT2D eigenvalue weighted by molar-refractivity contribution is -0.122. The van der Waals surface area contributed by atoms with E-state index in [1.807, 2.05) is 6.07 Å². The van der Waals surface area contributed by atoms with Gasteiger partial charge in [-0.3, -0.25) is 4.79 Å². The molecule has 2 aliphatic rings. The van der Waals surface area contributed by atoms with Gasteiger partial charge in [0.2, 0.25) is 5.91 Å². The van der Waals surface area contributed by atoms with Gasteiger partial charge in [0.1, 0.15) is 18.9 Å². The average molecular weight is 245 g/mol. The predicted molar refractivity (Wildman–Crippen MR) is 62.1 cm³/mol. The maximum atomic E-state index is 11.7. The Morgan fingerprint density at radius 2 is 2.39 bits per heavy atom. The minimum atomic E-state index is -0.0590. The fourth-order valence-electron chi connectivity index (χ4n) is 2.49. The van der Waals surface area contributed by atoms with Crippen molar-refractivity contribution >= 4 is 5.91 Å². The van der Waals surface area contributed by atoms with Gasteiger partial charge in [0, 0.05) is 6.54 Å². The van der Waals surface area contributed by atoms with E-state index in [1.54, 1.807) is 0 Å². The highest BCUT2D eigenvalue weighted by molar-refractivity contribution is 5.75. The summed E-state index contributed by atoms with van der Waals surface area (Å²) in [4.78, 5) is 15.5. The molecule has 0 aromatic carbocycles. The van der Waals surface area contributed by atoms with E-state index in [9.17, 15) is 4.79 Å². The van der Waals surface area contributed by atoms with E-state index in [1.165, 1.54) is 36.7 Å². The molecule has 6 nitrogen and oxygen atoms in total. The Labute approximate surface area is 105 Å². The van der Waals surface area contributed by atoms with E-state index in [0.29, 0.717) is 5.41 Å². The van der Waals surface area contributed by atoms with Crippen LogP contribution in [0.15, 0.2) is 6.33 Å². The van der Waals surface area contributed by atoms with Crippen molar-refractivity contribution in [2.75, 3.05) is 6.54 Å². The fraction of sp³-hybridized carbons (Fsp3) is 0.667. The van der Waals surface area contributed by atoms with Gasteiger partial charge in [-0.25, -0.2) is 9.67 Å². The molecule has 1 N–H and O–H groups in total. The molecule has 0 aliphatic heterocycles. The lowest BCUT2D eigenvalue weighted by Gasteiger charge is -2.14. The van der Waals surface area contributed by atoms with Crippen molar-refractivity contribution in [3.8, 4) is 6.07 Å². The van der Waals surface area contributed by atoms with Gasteiger partial charge in [-0.1, -0.05) is 0 Å². The third-order valence-corrected chi connectivity index (χ3v) is 3.92. The third-order valence-electron chi connectivity index (χ3n) is 3.92. The molecule has 3 rings (SSSR count). The molecule has 1 amide bonds. The number of carbonyl (C=O) groups excluding carboxylic acids is 1. The summed E-state index contributed by atoms with van der Waals surface area (Å²) in [6, 6.07) is 1.84. The largest absolute Gasteiger partial charge is 0.354 e. The van der Waals surface area contributed by atoms with Gasteiger partial charge in [0.15, 0.2) is 0 Å². The van der Waals surface area contributed by atoms with Gasteiger partial charge in [0.25, 0.3) is 5.82 Å². The minimum absolute atomic E-state index is 0.0590. The fourth-order valence-corrected chi connectivity index (χ4v) is 2.49.